The molecule has 0 bridgehead atoms. The summed E-state index contributed by atoms with van der Waals surface area (Å²) in [5.41, 5.74) is 3.27. The van der Waals surface area contributed by atoms with Crippen LogP contribution in [0.4, 0.5) is 10.5 Å². The number of allylic oxidation sites excluding steroid dienone is 1. The number of nitrogens with one attached hydrogen (secondary N) is 2. The third-order valence-electron chi connectivity index (χ3n) is 4.25. The van der Waals surface area contributed by atoms with Crippen LogP contribution in [-0.2, 0) is 16.1 Å². The normalized spacial score (nSPS) is 14.2. The number of urea groups is 1. The highest BCUT2D eigenvalue weighted by Gasteiger charge is 2.06. The van der Waals surface area contributed by atoms with Gasteiger partial charge in [0, 0.05) is 12.2 Å². The van der Waals surface area contributed by atoms with Crippen LogP contribution in [0.15, 0.2) is 35.9 Å². The topological polar surface area (TPSA) is 59.6 Å². The van der Waals surface area contributed by atoms with Crippen LogP contribution in [0.3, 0.4) is 0 Å². The standard InChI is InChI=1S/C21H32N2O3/c1-17(2)26-14-13-25-16-19-9-6-10-20(15-19)23-21(24)22-12-11-18-7-4-3-5-8-18/h6-7,9-10,15,17H,3-5,8,11-14,16H2,1-2H3,(H2,22,23,24). The number of ether oxygens (including phenoxy) is 2. The van der Waals surface area contributed by atoms with E-state index < -0.39 is 0 Å². The molecule has 1 aromatic rings. The molecule has 2 amide bonds. The average molecular weight is 360 g/mol. The Labute approximate surface area is 157 Å². The molecule has 0 saturated heterocycles. The van der Waals surface area contributed by atoms with Gasteiger partial charge < -0.3 is 20.1 Å². The van der Waals surface area contributed by atoms with Gasteiger partial charge in [0.2, 0.25) is 0 Å². The molecule has 0 aliphatic heterocycles. The van der Waals surface area contributed by atoms with Crippen LogP contribution in [0.5, 0.6) is 0 Å². The molecule has 2 rings (SSSR count). The minimum atomic E-state index is -0.162. The second-order valence-electron chi connectivity index (χ2n) is 6.91. The van der Waals surface area contributed by atoms with E-state index >= 15 is 0 Å². The van der Waals surface area contributed by atoms with E-state index in [1.807, 2.05) is 38.1 Å². The van der Waals surface area contributed by atoms with Crippen molar-refractivity contribution in [2.24, 2.45) is 0 Å². The largest absolute Gasteiger partial charge is 0.376 e. The summed E-state index contributed by atoms with van der Waals surface area (Å²) in [4.78, 5) is 12.0. The molecule has 0 saturated carbocycles. The van der Waals surface area contributed by atoms with Crippen molar-refractivity contribution in [1.82, 2.24) is 5.32 Å². The highest BCUT2D eigenvalue weighted by molar-refractivity contribution is 5.89. The zero-order valence-electron chi connectivity index (χ0n) is 16.1. The first-order valence-corrected chi connectivity index (χ1v) is 9.64. The van der Waals surface area contributed by atoms with Crippen LogP contribution >= 0.6 is 0 Å². The van der Waals surface area contributed by atoms with Crippen molar-refractivity contribution >= 4 is 11.7 Å². The number of carbonyl (C=O) groups is 1. The molecule has 0 atom stereocenters. The molecule has 0 fully saturated rings. The Morgan fingerprint density at radius 2 is 2.12 bits per heavy atom. The highest BCUT2D eigenvalue weighted by atomic mass is 16.5. The molecule has 0 radical (unpaired) electrons. The third-order valence-corrected chi connectivity index (χ3v) is 4.25. The molecule has 144 valence electrons. The lowest BCUT2D eigenvalue weighted by Gasteiger charge is -2.13. The third kappa shape index (κ3) is 8.50. The van der Waals surface area contributed by atoms with Crippen molar-refractivity contribution < 1.29 is 14.3 Å². The van der Waals surface area contributed by atoms with Crippen LogP contribution in [0, 0.1) is 0 Å². The van der Waals surface area contributed by atoms with Crippen molar-refractivity contribution in [2.45, 2.75) is 58.7 Å². The molecule has 0 aromatic heterocycles. The van der Waals surface area contributed by atoms with E-state index in [1.165, 1.54) is 31.3 Å². The number of benzene rings is 1. The van der Waals surface area contributed by atoms with Crippen LogP contribution in [-0.4, -0.2) is 31.9 Å². The number of rotatable bonds is 10. The summed E-state index contributed by atoms with van der Waals surface area (Å²) in [5, 5.41) is 5.82. The van der Waals surface area contributed by atoms with Gasteiger partial charge in [-0.1, -0.05) is 23.8 Å². The van der Waals surface area contributed by atoms with E-state index in [0.717, 1.165) is 17.7 Å². The first-order chi connectivity index (χ1) is 12.6. The smallest absolute Gasteiger partial charge is 0.319 e. The van der Waals surface area contributed by atoms with Gasteiger partial charge in [-0.05, 0) is 63.6 Å². The van der Waals surface area contributed by atoms with Gasteiger partial charge in [0.15, 0.2) is 0 Å². The summed E-state index contributed by atoms with van der Waals surface area (Å²) in [6, 6.07) is 7.57. The molecular weight excluding hydrogens is 328 g/mol. The van der Waals surface area contributed by atoms with Crippen LogP contribution in [0.1, 0.15) is 51.5 Å². The maximum Gasteiger partial charge on any atom is 0.319 e. The lowest BCUT2D eigenvalue weighted by atomic mass is 9.97. The van der Waals surface area contributed by atoms with Crippen molar-refractivity contribution in [3.63, 3.8) is 0 Å². The molecule has 5 heteroatoms. The molecule has 1 aliphatic carbocycles. The van der Waals surface area contributed by atoms with E-state index in [9.17, 15) is 4.79 Å². The maximum absolute atomic E-state index is 12.0. The van der Waals surface area contributed by atoms with Gasteiger partial charge in [0.25, 0.3) is 0 Å². The Balaban J connectivity index is 1.66. The number of hydrogen-bond acceptors (Lipinski definition) is 3. The van der Waals surface area contributed by atoms with E-state index in [0.29, 0.717) is 26.4 Å². The molecule has 5 nitrogen and oxygen atoms in total. The Kier molecular flexibility index (Phi) is 9.21. The predicted molar refractivity (Wildman–Crippen MR) is 105 cm³/mol. The minimum absolute atomic E-state index is 0.162. The zero-order valence-corrected chi connectivity index (χ0v) is 16.1. The van der Waals surface area contributed by atoms with Crippen molar-refractivity contribution in [3.8, 4) is 0 Å². The predicted octanol–water partition coefficient (Wildman–Crippen LogP) is 4.64. The SMILES string of the molecule is CC(C)OCCOCc1cccc(NC(=O)NCCC2=CCCCC2)c1. The van der Waals surface area contributed by atoms with Crippen molar-refractivity contribution in [1.29, 1.82) is 0 Å². The Morgan fingerprint density at radius 1 is 1.23 bits per heavy atom. The van der Waals surface area contributed by atoms with Crippen LogP contribution in [0.25, 0.3) is 0 Å². The van der Waals surface area contributed by atoms with Gasteiger partial charge >= 0.3 is 6.03 Å². The second kappa shape index (κ2) is 11.7. The molecule has 1 aromatic carbocycles. The lowest BCUT2D eigenvalue weighted by Crippen LogP contribution is -2.29. The van der Waals surface area contributed by atoms with Crippen LogP contribution in [0.2, 0.25) is 0 Å². The maximum atomic E-state index is 12.0. The van der Waals surface area contributed by atoms with E-state index in [-0.39, 0.29) is 12.1 Å². The molecule has 2 N–H and O–H groups in total. The zero-order chi connectivity index (χ0) is 18.6. The van der Waals surface area contributed by atoms with Gasteiger partial charge in [0.05, 0.1) is 25.9 Å². The van der Waals surface area contributed by atoms with Crippen LogP contribution < -0.4 is 10.6 Å². The minimum Gasteiger partial charge on any atom is -0.376 e. The number of anilines is 1. The molecule has 0 unspecified atom stereocenters. The van der Waals surface area contributed by atoms with Gasteiger partial charge in [-0.15, -0.1) is 0 Å². The van der Waals surface area contributed by atoms with Gasteiger partial charge in [-0.2, -0.15) is 0 Å². The fraction of sp³-hybridized carbons (Fsp3) is 0.571. The molecule has 0 heterocycles. The lowest BCUT2D eigenvalue weighted by molar-refractivity contribution is 0.0143. The molecular formula is C21H32N2O3. The van der Waals surface area contributed by atoms with Gasteiger partial charge in [-0.3, -0.25) is 0 Å². The summed E-state index contributed by atoms with van der Waals surface area (Å²) in [6.45, 7) is 6.35. The number of amides is 2. The molecule has 26 heavy (non-hydrogen) atoms. The first kappa shape index (κ1) is 20.5. The summed E-state index contributed by atoms with van der Waals surface area (Å²) >= 11 is 0. The van der Waals surface area contributed by atoms with Crippen molar-refractivity contribution in [3.05, 3.63) is 41.5 Å². The average Bonchev–Trinajstić information content (AvgIpc) is 2.62. The Bertz CT molecular complexity index is 584. The summed E-state index contributed by atoms with van der Waals surface area (Å²) in [7, 11) is 0. The number of hydrogen-bond donors (Lipinski definition) is 2. The van der Waals surface area contributed by atoms with E-state index in [4.69, 9.17) is 9.47 Å². The summed E-state index contributed by atoms with van der Waals surface area (Å²) in [5.74, 6) is 0. The number of carbonyl (C=O) groups excluding carboxylic acids is 1. The molecule has 1 aliphatic rings. The van der Waals surface area contributed by atoms with E-state index in [1.54, 1.807) is 0 Å². The quantitative estimate of drug-likeness (QED) is 0.472. The monoisotopic (exact) mass is 360 g/mol. The highest BCUT2D eigenvalue weighted by Crippen LogP contribution is 2.19. The first-order valence-electron chi connectivity index (χ1n) is 9.64. The van der Waals surface area contributed by atoms with E-state index in [2.05, 4.69) is 16.7 Å². The Morgan fingerprint density at radius 3 is 2.88 bits per heavy atom. The Hall–Kier alpha value is -1.85. The summed E-state index contributed by atoms with van der Waals surface area (Å²) < 4.78 is 11.0. The summed E-state index contributed by atoms with van der Waals surface area (Å²) in [6.07, 6.45) is 8.41. The van der Waals surface area contributed by atoms with Crippen molar-refractivity contribution in [2.75, 3.05) is 25.1 Å². The fourth-order valence-electron chi connectivity index (χ4n) is 2.92. The molecule has 0 spiro atoms. The fourth-order valence-corrected chi connectivity index (χ4v) is 2.92. The van der Waals surface area contributed by atoms with Gasteiger partial charge in [-0.25, -0.2) is 4.79 Å². The second-order valence-corrected chi connectivity index (χ2v) is 6.91. The van der Waals surface area contributed by atoms with Gasteiger partial charge in [0.1, 0.15) is 0 Å².